The Bertz CT molecular complexity index is 549. The molecule has 0 saturated carbocycles. The summed E-state index contributed by atoms with van der Waals surface area (Å²) >= 11 is 0. The molecule has 0 aliphatic rings. The van der Waals surface area contributed by atoms with Crippen molar-refractivity contribution in [3.63, 3.8) is 0 Å². The Morgan fingerprint density at radius 3 is 2.11 bits per heavy atom. The van der Waals surface area contributed by atoms with Crippen molar-refractivity contribution < 1.29 is 18.0 Å². The van der Waals surface area contributed by atoms with E-state index < -0.39 is 15.7 Å². The summed E-state index contributed by atoms with van der Waals surface area (Å²) < 4.78 is 22.1. The molecule has 2 N–H and O–H groups in total. The number of amides is 2. The normalized spacial score (nSPS) is 10.8. The molecule has 98 valence electrons. The van der Waals surface area contributed by atoms with Crippen LogP contribution < -0.4 is 10.9 Å². The van der Waals surface area contributed by atoms with Gasteiger partial charge >= 0.3 is 0 Å². The third kappa shape index (κ3) is 4.96. The molecule has 0 spiro atoms. The van der Waals surface area contributed by atoms with Crippen LogP contribution in [0.3, 0.4) is 0 Å². The van der Waals surface area contributed by atoms with Gasteiger partial charge in [0.2, 0.25) is 5.91 Å². The first-order valence-electron chi connectivity index (χ1n) is 5.11. The summed E-state index contributed by atoms with van der Waals surface area (Å²) in [5.74, 6) is -0.909. The Kier molecular flexibility index (Phi) is 4.43. The molecule has 6 nitrogen and oxygen atoms in total. The average Bonchev–Trinajstić information content (AvgIpc) is 2.24. The highest BCUT2D eigenvalue weighted by Crippen LogP contribution is 2.07. The zero-order valence-corrected chi connectivity index (χ0v) is 10.9. The molecule has 0 aliphatic heterocycles. The largest absolute Gasteiger partial charge is 0.274 e. The van der Waals surface area contributed by atoms with Crippen LogP contribution in [0.4, 0.5) is 0 Å². The lowest BCUT2D eigenvalue weighted by atomic mass is 10.1. The summed E-state index contributed by atoms with van der Waals surface area (Å²) in [4.78, 5) is 22.1. The fraction of sp³-hybridized carbons (Fsp3) is 0.273. The molecule has 0 aliphatic carbocycles. The van der Waals surface area contributed by atoms with Crippen molar-refractivity contribution in [3.8, 4) is 0 Å². The summed E-state index contributed by atoms with van der Waals surface area (Å²) in [6.45, 7) is 1.27. The first-order chi connectivity index (χ1) is 8.28. The highest BCUT2D eigenvalue weighted by atomic mass is 32.2. The molecule has 0 atom stereocenters. The number of rotatable bonds is 3. The van der Waals surface area contributed by atoms with Crippen LogP contribution in [0.25, 0.3) is 0 Å². The van der Waals surface area contributed by atoms with E-state index in [1.807, 2.05) is 0 Å². The zero-order chi connectivity index (χ0) is 13.8. The van der Waals surface area contributed by atoms with E-state index in [2.05, 4.69) is 10.9 Å². The van der Waals surface area contributed by atoms with Crippen LogP contribution in [0.1, 0.15) is 22.8 Å². The molecule has 0 bridgehead atoms. The zero-order valence-electron chi connectivity index (χ0n) is 10.1. The van der Waals surface area contributed by atoms with Gasteiger partial charge in [-0.25, -0.2) is 8.42 Å². The van der Waals surface area contributed by atoms with Crippen molar-refractivity contribution in [1.82, 2.24) is 10.9 Å². The van der Waals surface area contributed by atoms with Gasteiger partial charge in [-0.3, -0.25) is 20.4 Å². The van der Waals surface area contributed by atoms with Gasteiger partial charge in [-0.1, -0.05) is 12.1 Å². The average molecular weight is 270 g/mol. The van der Waals surface area contributed by atoms with Crippen LogP contribution in [0, 0.1) is 0 Å². The van der Waals surface area contributed by atoms with E-state index in [9.17, 15) is 18.0 Å². The monoisotopic (exact) mass is 270 g/mol. The number of hydrogen-bond donors (Lipinski definition) is 2. The van der Waals surface area contributed by atoms with Gasteiger partial charge in [-0.2, -0.15) is 0 Å². The van der Waals surface area contributed by atoms with Gasteiger partial charge in [0, 0.05) is 18.7 Å². The summed E-state index contributed by atoms with van der Waals surface area (Å²) in [6.07, 6.45) is 1.14. The Balaban J connectivity index is 2.71. The van der Waals surface area contributed by atoms with Crippen molar-refractivity contribution in [1.29, 1.82) is 0 Å². The number of sulfone groups is 1. The van der Waals surface area contributed by atoms with Crippen molar-refractivity contribution in [3.05, 3.63) is 35.4 Å². The predicted molar refractivity (Wildman–Crippen MR) is 66.3 cm³/mol. The summed E-state index contributed by atoms with van der Waals surface area (Å²) in [5, 5.41) is 0. The number of nitrogens with one attached hydrogen (secondary N) is 2. The van der Waals surface area contributed by atoms with Crippen LogP contribution in [-0.2, 0) is 20.4 Å². The van der Waals surface area contributed by atoms with Gasteiger partial charge in [0.1, 0.15) is 0 Å². The van der Waals surface area contributed by atoms with E-state index in [0.717, 1.165) is 6.26 Å². The van der Waals surface area contributed by atoms with E-state index in [1.165, 1.54) is 19.1 Å². The third-order valence-corrected chi connectivity index (χ3v) is 2.85. The van der Waals surface area contributed by atoms with Gasteiger partial charge in [-0.15, -0.1) is 0 Å². The minimum absolute atomic E-state index is 0.0689. The summed E-state index contributed by atoms with van der Waals surface area (Å²) in [7, 11) is -3.09. The minimum atomic E-state index is -3.09. The van der Waals surface area contributed by atoms with Crippen LogP contribution in [0.5, 0.6) is 0 Å². The molecule has 7 heteroatoms. The molecule has 1 aromatic carbocycles. The van der Waals surface area contributed by atoms with Crippen LogP contribution >= 0.6 is 0 Å². The van der Waals surface area contributed by atoms with Crippen molar-refractivity contribution in [2.24, 2.45) is 0 Å². The van der Waals surface area contributed by atoms with Gasteiger partial charge < -0.3 is 0 Å². The smallest absolute Gasteiger partial charge is 0.269 e. The van der Waals surface area contributed by atoms with E-state index in [1.54, 1.807) is 12.1 Å². The van der Waals surface area contributed by atoms with Gasteiger partial charge in [-0.05, 0) is 17.7 Å². The van der Waals surface area contributed by atoms with E-state index in [0.29, 0.717) is 11.1 Å². The molecule has 0 aromatic heterocycles. The van der Waals surface area contributed by atoms with Gasteiger partial charge in [0.25, 0.3) is 5.91 Å². The molecule has 1 aromatic rings. The molecule has 1 rings (SSSR count). The fourth-order valence-corrected chi connectivity index (χ4v) is 2.07. The van der Waals surface area contributed by atoms with E-state index in [-0.39, 0.29) is 11.7 Å². The quantitative estimate of drug-likeness (QED) is 0.757. The minimum Gasteiger partial charge on any atom is -0.274 e. The van der Waals surface area contributed by atoms with Crippen molar-refractivity contribution in [2.75, 3.05) is 6.26 Å². The first-order valence-corrected chi connectivity index (χ1v) is 7.17. The Morgan fingerprint density at radius 1 is 1.11 bits per heavy atom. The topological polar surface area (TPSA) is 92.3 Å². The molecular weight excluding hydrogens is 256 g/mol. The molecule has 0 saturated heterocycles. The molecule has 2 amide bonds. The lowest BCUT2D eigenvalue weighted by Gasteiger charge is -2.05. The molecule has 0 fully saturated rings. The predicted octanol–water partition coefficient (Wildman–Crippen LogP) is 0.0121. The van der Waals surface area contributed by atoms with E-state index >= 15 is 0 Å². The maximum Gasteiger partial charge on any atom is 0.269 e. The maximum absolute atomic E-state index is 11.5. The van der Waals surface area contributed by atoms with Gasteiger partial charge in [0.15, 0.2) is 9.84 Å². The molecule has 18 heavy (non-hydrogen) atoms. The number of benzene rings is 1. The number of carbonyl (C=O) groups is 2. The van der Waals surface area contributed by atoms with Crippen molar-refractivity contribution >= 4 is 21.7 Å². The molecule has 0 unspecified atom stereocenters. The van der Waals surface area contributed by atoms with Crippen LogP contribution in [0.2, 0.25) is 0 Å². The molecule has 0 heterocycles. The van der Waals surface area contributed by atoms with Crippen LogP contribution in [-0.4, -0.2) is 26.5 Å². The summed E-state index contributed by atoms with van der Waals surface area (Å²) in [6, 6.07) is 6.11. The summed E-state index contributed by atoms with van der Waals surface area (Å²) in [5.41, 5.74) is 5.31. The third-order valence-electron chi connectivity index (χ3n) is 2.00. The number of hydrogen-bond acceptors (Lipinski definition) is 4. The standard InChI is InChI=1S/C11H14N2O4S/c1-8(14)12-13-11(15)10-5-3-9(4-6-10)7-18(2,16)17/h3-6H,7H2,1-2H3,(H,12,14)(H,13,15). The number of carbonyl (C=O) groups excluding carboxylic acids is 2. The molecular formula is C11H14N2O4S. The number of hydrazine groups is 1. The fourth-order valence-electron chi connectivity index (χ4n) is 1.27. The maximum atomic E-state index is 11.5. The lowest BCUT2D eigenvalue weighted by Crippen LogP contribution is -2.40. The molecule has 0 radical (unpaired) electrons. The lowest BCUT2D eigenvalue weighted by molar-refractivity contribution is -0.119. The first kappa shape index (κ1) is 14.2. The highest BCUT2D eigenvalue weighted by molar-refractivity contribution is 7.89. The Morgan fingerprint density at radius 2 is 1.67 bits per heavy atom. The van der Waals surface area contributed by atoms with Crippen LogP contribution in [0.15, 0.2) is 24.3 Å². The second-order valence-corrected chi connectivity index (χ2v) is 6.04. The second kappa shape index (κ2) is 5.63. The second-order valence-electron chi connectivity index (χ2n) is 3.90. The Labute approximate surface area is 105 Å². The Hall–Kier alpha value is -1.89. The van der Waals surface area contributed by atoms with Gasteiger partial charge in [0.05, 0.1) is 5.75 Å². The highest BCUT2D eigenvalue weighted by Gasteiger charge is 2.08. The SMILES string of the molecule is CC(=O)NNC(=O)c1ccc(CS(C)(=O)=O)cc1. The van der Waals surface area contributed by atoms with Crippen molar-refractivity contribution in [2.45, 2.75) is 12.7 Å². The van der Waals surface area contributed by atoms with E-state index in [4.69, 9.17) is 0 Å².